The molecule has 1 aliphatic rings. The van der Waals surface area contributed by atoms with E-state index in [4.69, 9.17) is 9.72 Å². The molecule has 0 aliphatic carbocycles. The zero-order valence-electron chi connectivity index (χ0n) is 34.5. The van der Waals surface area contributed by atoms with Gasteiger partial charge in [0.2, 0.25) is 0 Å². The Morgan fingerprint density at radius 2 is 1.16 bits per heavy atom. The fraction of sp³-hybridized carbons (Fsp3) is 0.127. The Morgan fingerprint density at radius 1 is 0.574 bits per heavy atom. The van der Waals surface area contributed by atoms with Crippen molar-refractivity contribution < 1.29 is 24.1 Å². The van der Waals surface area contributed by atoms with Crippen molar-refractivity contribution in [3.05, 3.63) is 203 Å². The van der Waals surface area contributed by atoms with Gasteiger partial charge >= 0.3 is 352 Å². The van der Waals surface area contributed by atoms with Gasteiger partial charge in [-0.1, -0.05) is 6.07 Å². The van der Waals surface area contributed by atoms with E-state index < -0.39 is 0 Å². The van der Waals surface area contributed by atoms with Gasteiger partial charge in [0.1, 0.15) is 0 Å². The van der Waals surface area contributed by atoms with E-state index in [1.54, 1.807) is 0 Å². The number of hydrogen-bond acceptors (Lipinski definition) is 3. The van der Waals surface area contributed by atoms with E-state index in [1.165, 1.54) is 33.4 Å². The predicted molar refractivity (Wildman–Crippen MR) is 247 cm³/mol. The van der Waals surface area contributed by atoms with Gasteiger partial charge < -0.3 is 0 Å². The summed E-state index contributed by atoms with van der Waals surface area (Å²) in [6, 6.07) is 64.9. The van der Waals surface area contributed by atoms with Gasteiger partial charge in [-0.25, -0.2) is 0 Å². The van der Waals surface area contributed by atoms with Crippen LogP contribution in [0, 0.1) is 3.80 Å². The number of benzene rings is 7. The molecule has 5 nitrogen and oxygen atoms in total. The normalized spacial score (nSPS) is 12.7. The van der Waals surface area contributed by atoms with Crippen molar-refractivity contribution in [3.63, 3.8) is 0 Å². The third-order valence-electron chi connectivity index (χ3n) is 11.7. The van der Waals surface area contributed by atoms with Crippen LogP contribution in [-0.2, 0) is 31.2 Å². The van der Waals surface area contributed by atoms with Gasteiger partial charge in [-0.15, -0.1) is 0 Å². The molecule has 3 heterocycles. The monoisotopic (exact) mass is 973 g/mol. The number of aryl methyl sites for hydroxylation is 1. The number of hydrogen-bond donors (Lipinski definition) is 0. The van der Waals surface area contributed by atoms with Crippen molar-refractivity contribution >= 4 is 22.5 Å². The van der Waals surface area contributed by atoms with Gasteiger partial charge in [0.15, 0.2) is 0 Å². The summed E-state index contributed by atoms with van der Waals surface area (Å²) in [6.07, 6.45) is 3.93. The zero-order chi connectivity index (χ0) is 41.5. The molecule has 10 rings (SSSR count). The van der Waals surface area contributed by atoms with E-state index in [0.29, 0.717) is 0 Å². The SMILES string of the molecule is CC(C)(C)c1cc(-c2ccccc2)c(-n2[c](=[Pt])n(-c3cccc(Oc4cc5c(cc4-c4ccccc4)CCCN5c4ccccn4)c3)c3ccccc32)c(-c2ccccc2)c1. The van der Waals surface area contributed by atoms with Gasteiger partial charge in [-0.2, -0.15) is 0 Å². The molecule has 0 N–H and O–H groups in total. The van der Waals surface area contributed by atoms with E-state index in [9.17, 15) is 0 Å². The molecule has 0 fully saturated rings. The van der Waals surface area contributed by atoms with Crippen LogP contribution in [0.3, 0.4) is 0 Å². The molecule has 0 atom stereocenters. The quantitative estimate of drug-likeness (QED) is 0.152. The molecule has 0 saturated heterocycles. The van der Waals surface area contributed by atoms with E-state index in [0.717, 1.165) is 79.7 Å². The van der Waals surface area contributed by atoms with Crippen LogP contribution in [0.4, 0.5) is 11.5 Å². The molecular weight excluding hydrogens is 928 g/mol. The Balaban J connectivity index is 1.15. The van der Waals surface area contributed by atoms with E-state index in [2.05, 4.69) is 230 Å². The molecule has 61 heavy (non-hydrogen) atoms. The number of nitrogens with zero attached hydrogens (tertiary/aromatic N) is 4. The van der Waals surface area contributed by atoms with Gasteiger partial charge in [-0.3, -0.25) is 0 Å². The molecule has 302 valence electrons. The third-order valence-corrected chi connectivity index (χ3v) is 12.7. The van der Waals surface area contributed by atoms with E-state index >= 15 is 0 Å². The van der Waals surface area contributed by atoms with Crippen LogP contribution >= 0.6 is 0 Å². The molecular formula is C55H46N4OPt. The second-order valence-corrected chi connectivity index (χ2v) is 17.7. The van der Waals surface area contributed by atoms with Crippen molar-refractivity contribution in [2.45, 2.75) is 39.0 Å². The van der Waals surface area contributed by atoms with Crippen molar-refractivity contribution in [1.82, 2.24) is 14.1 Å². The Morgan fingerprint density at radius 3 is 1.77 bits per heavy atom. The summed E-state index contributed by atoms with van der Waals surface area (Å²) in [6.45, 7) is 7.80. The van der Waals surface area contributed by atoms with Crippen LogP contribution < -0.4 is 9.64 Å². The molecule has 7 aromatic carbocycles. The van der Waals surface area contributed by atoms with Crippen LogP contribution in [-0.4, -0.2) is 20.7 Å². The minimum atomic E-state index is -0.0624. The summed E-state index contributed by atoms with van der Waals surface area (Å²) in [5.74, 6) is 2.52. The zero-order valence-corrected chi connectivity index (χ0v) is 36.8. The van der Waals surface area contributed by atoms with Crippen molar-refractivity contribution in [1.29, 1.82) is 0 Å². The van der Waals surface area contributed by atoms with E-state index in [-0.39, 0.29) is 5.41 Å². The molecule has 2 aromatic heterocycles. The molecule has 0 spiro atoms. The summed E-state index contributed by atoms with van der Waals surface area (Å²) >= 11 is 2.53. The third kappa shape index (κ3) is 7.38. The molecule has 6 heteroatoms. The van der Waals surface area contributed by atoms with Crippen LogP contribution in [0.2, 0.25) is 0 Å². The summed E-state index contributed by atoms with van der Waals surface area (Å²) < 4.78 is 12.9. The first-order chi connectivity index (χ1) is 29.8. The molecule has 9 aromatic rings. The topological polar surface area (TPSA) is 35.2 Å². The summed E-state index contributed by atoms with van der Waals surface area (Å²) in [5.41, 5.74) is 15.0. The number of aromatic nitrogens is 3. The summed E-state index contributed by atoms with van der Waals surface area (Å²) in [7, 11) is 0. The fourth-order valence-electron chi connectivity index (χ4n) is 8.66. The molecule has 0 unspecified atom stereocenters. The minimum absolute atomic E-state index is 0.0624. The summed E-state index contributed by atoms with van der Waals surface area (Å²) in [4.78, 5) is 7.06. The fourth-order valence-corrected chi connectivity index (χ4v) is 9.75. The van der Waals surface area contributed by atoms with Crippen LogP contribution in [0.15, 0.2) is 188 Å². The Kier molecular flexibility index (Phi) is 10.2. The summed E-state index contributed by atoms with van der Waals surface area (Å²) in [5, 5.41) is 0. The molecule has 0 radical (unpaired) electrons. The van der Waals surface area contributed by atoms with Crippen LogP contribution in [0.25, 0.3) is 55.8 Å². The number of pyridine rings is 1. The Hall–Kier alpha value is -6.55. The van der Waals surface area contributed by atoms with Gasteiger partial charge in [0, 0.05) is 6.20 Å². The first-order valence-corrected chi connectivity index (χ1v) is 22.1. The first kappa shape index (κ1) is 38.6. The number of fused-ring (bicyclic) bond motifs is 2. The average Bonchev–Trinajstić information content (AvgIpc) is 3.60. The number of rotatable bonds is 8. The number of imidazole rings is 1. The van der Waals surface area contributed by atoms with Crippen LogP contribution in [0.5, 0.6) is 11.5 Å². The van der Waals surface area contributed by atoms with Gasteiger partial charge in [-0.05, 0) is 6.07 Å². The van der Waals surface area contributed by atoms with Gasteiger partial charge in [0.25, 0.3) is 0 Å². The molecule has 0 bridgehead atoms. The Bertz CT molecular complexity index is 3020. The molecule has 0 amide bonds. The van der Waals surface area contributed by atoms with Crippen molar-refractivity contribution in [3.8, 4) is 56.3 Å². The second kappa shape index (κ2) is 16.1. The standard InChI is InChI=1S/C55H46N4O.Pt/c1-55(2,3)43-34-47(40-21-9-5-10-22-40)54(48(35-43)41-23-11-6-12-24-41)59-38-58(49-28-13-14-29-50(49)59)44-26-17-27-45(36-44)60-52-37-51-42(33-46(52)39-19-7-4-8-20-39)25-18-32-57(51)53-30-15-16-31-56-53;/h4-17,19-24,26-31,33-37H,18,25,32H2,1-3H3;. The van der Waals surface area contributed by atoms with E-state index in [1.807, 2.05) is 12.3 Å². The maximum atomic E-state index is 7.05. The first-order valence-electron chi connectivity index (χ1n) is 21.0. The van der Waals surface area contributed by atoms with Crippen molar-refractivity contribution in [2.75, 3.05) is 11.4 Å². The average molecular weight is 974 g/mol. The second-order valence-electron chi connectivity index (χ2n) is 16.7. The van der Waals surface area contributed by atoms with Crippen molar-refractivity contribution in [2.24, 2.45) is 0 Å². The predicted octanol–water partition coefficient (Wildman–Crippen LogP) is 14.1. The maximum absolute atomic E-state index is 7.05. The number of anilines is 2. The van der Waals surface area contributed by atoms with Crippen LogP contribution in [0.1, 0.15) is 38.3 Å². The van der Waals surface area contributed by atoms with Gasteiger partial charge in [0.05, 0.1) is 0 Å². The Labute approximate surface area is 368 Å². The number of para-hydroxylation sites is 2. The molecule has 0 saturated carbocycles. The number of ether oxygens (including phenoxy) is 1. The molecule has 1 aliphatic heterocycles.